The van der Waals surface area contributed by atoms with Crippen LogP contribution in [0.1, 0.15) is 32.4 Å². The van der Waals surface area contributed by atoms with Gasteiger partial charge < -0.3 is 15.0 Å². The number of aromatic nitrogens is 3. The molecule has 7 heteroatoms. The molecule has 1 amide bonds. The Kier molecular flexibility index (Phi) is 5.33. The Hall–Kier alpha value is -2.41. The largest absolute Gasteiger partial charge is 0.376 e. The first kappa shape index (κ1) is 17.4. The highest BCUT2D eigenvalue weighted by Gasteiger charge is 2.26. The molecule has 25 heavy (non-hydrogen) atoms. The van der Waals surface area contributed by atoms with Crippen LogP contribution in [0.5, 0.6) is 0 Å². The van der Waals surface area contributed by atoms with Crippen molar-refractivity contribution in [2.24, 2.45) is 0 Å². The summed E-state index contributed by atoms with van der Waals surface area (Å²) in [6.45, 7) is 7.55. The van der Waals surface area contributed by atoms with E-state index in [1.165, 1.54) is 0 Å². The summed E-state index contributed by atoms with van der Waals surface area (Å²) in [5, 5.41) is 7.67. The molecule has 2 aromatic heterocycles. The molecule has 2 aromatic rings. The van der Waals surface area contributed by atoms with Crippen LogP contribution in [0.3, 0.4) is 0 Å². The van der Waals surface area contributed by atoms with Gasteiger partial charge in [-0.15, -0.1) is 0 Å². The maximum absolute atomic E-state index is 12.5. The highest BCUT2D eigenvalue weighted by atomic mass is 16.5. The quantitative estimate of drug-likeness (QED) is 0.900. The van der Waals surface area contributed by atoms with Crippen molar-refractivity contribution in [2.45, 2.75) is 45.6 Å². The number of anilines is 1. The molecule has 0 aliphatic carbocycles. The van der Waals surface area contributed by atoms with Crippen LogP contribution < -0.4 is 5.32 Å². The number of rotatable bonds is 5. The Labute approximate surface area is 148 Å². The monoisotopic (exact) mass is 343 g/mol. The van der Waals surface area contributed by atoms with E-state index in [0.717, 1.165) is 11.3 Å². The number of ether oxygens (including phenoxy) is 1. The first-order valence-corrected chi connectivity index (χ1v) is 8.63. The van der Waals surface area contributed by atoms with Crippen molar-refractivity contribution in [1.82, 2.24) is 19.7 Å². The molecule has 0 radical (unpaired) electrons. The highest BCUT2D eigenvalue weighted by Crippen LogP contribution is 2.18. The summed E-state index contributed by atoms with van der Waals surface area (Å²) in [4.78, 5) is 18.5. The Morgan fingerprint density at radius 3 is 2.80 bits per heavy atom. The number of hydrogen-bond acceptors (Lipinski definition) is 5. The summed E-state index contributed by atoms with van der Waals surface area (Å²) in [6, 6.07) is 4.06. The minimum absolute atomic E-state index is 0.0666. The molecule has 0 bridgehead atoms. The SMILES string of the molecule is CC1CN(C(=O)Cn2cc(NC(C)c3cccnc3)cn2)CC(C)O1. The second kappa shape index (κ2) is 7.65. The second-order valence-electron chi connectivity index (χ2n) is 6.64. The van der Waals surface area contributed by atoms with Gasteiger partial charge in [-0.05, 0) is 32.4 Å². The minimum atomic E-state index is 0.0666. The molecule has 1 saturated heterocycles. The van der Waals surface area contributed by atoms with E-state index in [1.807, 2.05) is 43.3 Å². The van der Waals surface area contributed by atoms with Gasteiger partial charge in [-0.25, -0.2) is 0 Å². The van der Waals surface area contributed by atoms with Crippen LogP contribution in [0.15, 0.2) is 36.9 Å². The van der Waals surface area contributed by atoms with Crippen molar-refractivity contribution in [3.8, 4) is 0 Å². The van der Waals surface area contributed by atoms with Crippen molar-refractivity contribution in [3.05, 3.63) is 42.5 Å². The number of amides is 1. The van der Waals surface area contributed by atoms with E-state index < -0.39 is 0 Å². The summed E-state index contributed by atoms with van der Waals surface area (Å²) in [5.41, 5.74) is 1.98. The average Bonchev–Trinajstić information content (AvgIpc) is 3.01. The van der Waals surface area contributed by atoms with Gasteiger partial charge in [0, 0.05) is 31.7 Å². The van der Waals surface area contributed by atoms with Crippen LogP contribution in [-0.4, -0.2) is 50.9 Å². The molecule has 0 saturated carbocycles. The number of nitrogens with one attached hydrogen (secondary N) is 1. The van der Waals surface area contributed by atoms with E-state index in [9.17, 15) is 4.79 Å². The fraction of sp³-hybridized carbons (Fsp3) is 0.500. The zero-order valence-electron chi connectivity index (χ0n) is 14.9. The van der Waals surface area contributed by atoms with Crippen LogP contribution in [0, 0.1) is 0 Å². The maximum Gasteiger partial charge on any atom is 0.244 e. The summed E-state index contributed by atoms with van der Waals surface area (Å²) < 4.78 is 7.35. The number of nitrogens with zero attached hydrogens (tertiary/aromatic N) is 4. The van der Waals surface area contributed by atoms with Gasteiger partial charge in [0.2, 0.25) is 5.91 Å². The lowest BCUT2D eigenvalue weighted by Crippen LogP contribution is -2.49. The molecule has 1 N–H and O–H groups in total. The zero-order valence-corrected chi connectivity index (χ0v) is 14.9. The van der Waals surface area contributed by atoms with E-state index in [-0.39, 0.29) is 30.7 Å². The van der Waals surface area contributed by atoms with E-state index in [0.29, 0.717) is 13.1 Å². The summed E-state index contributed by atoms with van der Waals surface area (Å²) in [7, 11) is 0. The molecule has 134 valence electrons. The zero-order chi connectivity index (χ0) is 17.8. The molecule has 3 rings (SSSR count). The Bertz CT molecular complexity index is 693. The molecule has 1 aliphatic heterocycles. The number of carbonyl (C=O) groups is 1. The van der Waals surface area contributed by atoms with Crippen molar-refractivity contribution in [1.29, 1.82) is 0 Å². The van der Waals surface area contributed by atoms with Crippen LogP contribution >= 0.6 is 0 Å². The summed E-state index contributed by atoms with van der Waals surface area (Å²) in [5.74, 6) is 0.0666. The second-order valence-corrected chi connectivity index (χ2v) is 6.64. The lowest BCUT2D eigenvalue weighted by atomic mass is 10.1. The third-order valence-corrected chi connectivity index (χ3v) is 4.27. The van der Waals surface area contributed by atoms with Gasteiger partial charge in [0.05, 0.1) is 30.1 Å². The number of pyridine rings is 1. The van der Waals surface area contributed by atoms with Gasteiger partial charge in [-0.2, -0.15) is 5.10 Å². The van der Waals surface area contributed by atoms with Crippen LogP contribution in [0.2, 0.25) is 0 Å². The molecule has 0 spiro atoms. The maximum atomic E-state index is 12.5. The molecule has 1 aliphatic rings. The molecule has 0 aromatic carbocycles. The van der Waals surface area contributed by atoms with E-state index >= 15 is 0 Å². The molecule has 3 atom stereocenters. The van der Waals surface area contributed by atoms with E-state index in [4.69, 9.17) is 4.74 Å². The van der Waals surface area contributed by atoms with Crippen LogP contribution in [0.25, 0.3) is 0 Å². The summed E-state index contributed by atoms with van der Waals surface area (Å²) >= 11 is 0. The Morgan fingerprint density at radius 1 is 1.36 bits per heavy atom. The fourth-order valence-corrected chi connectivity index (χ4v) is 3.11. The van der Waals surface area contributed by atoms with Crippen molar-refractivity contribution >= 4 is 11.6 Å². The molecule has 3 unspecified atom stereocenters. The Balaban J connectivity index is 1.57. The highest BCUT2D eigenvalue weighted by molar-refractivity contribution is 5.76. The van der Waals surface area contributed by atoms with Crippen molar-refractivity contribution < 1.29 is 9.53 Å². The third-order valence-electron chi connectivity index (χ3n) is 4.27. The molecule has 1 fully saturated rings. The van der Waals surface area contributed by atoms with Gasteiger partial charge in [0.25, 0.3) is 0 Å². The average molecular weight is 343 g/mol. The predicted molar refractivity (Wildman–Crippen MR) is 95.1 cm³/mol. The molecule has 3 heterocycles. The smallest absolute Gasteiger partial charge is 0.244 e. The fourth-order valence-electron chi connectivity index (χ4n) is 3.11. The molecular formula is C18H25N5O2. The van der Waals surface area contributed by atoms with Gasteiger partial charge in [-0.3, -0.25) is 14.5 Å². The minimum Gasteiger partial charge on any atom is -0.376 e. The predicted octanol–water partition coefficient (Wildman–Crippen LogP) is 2.09. The third kappa shape index (κ3) is 4.57. The lowest BCUT2D eigenvalue weighted by molar-refractivity contribution is -0.144. The van der Waals surface area contributed by atoms with Gasteiger partial charge >= 0.3 is 0 Å². The normalized spacial score (nSPS) is 21.8. The first-order valence-electron chi connectivity index (χ1n) is 8.63. The van der Waals surface area contributed by atoms with Gasteiger partial charge in [0.1, 0.15) is 6.54 Å². The van der Waals surface area contributed by atoms with E-state index in [2.05, 4.69) is 22.3 Å². The number of morpholine rings is 1. The van der Waals surface area contributed by atoms with Gasteiger partial charge in [0.15, 0.2) is 0 Å². The van der Waals surface area contributed by atoms with E-state index in [1.54, 1.807) is 17.1 Å². The number of carbonyl (C=O) groups excluding carboxylic acids is 1. The van der Waals surface area contributed by atoms with Crippen molar-refractivity contribution in [3.63, 3.8) is 0 Å². The molecule has 7 nitrogen and oxygen atoms in total. The lowest BCUT2D eigenvalue weighted by Gasteiger charge is -2.35. The summed E-state index contributed by atoms with van der Waals surface area (Å²) in [6.07, 6.45) is 7.34. The standard InChI is InChI=1S/C18H25N5O2/c1-13-9-22(10-14(2)25-13)18(24)12-23-11-17(8-20-23)21-15(3)16-5-4-6-19-7-16/h4-8,11,13-15,21H,9-10,12H2,1-3H3. The van der Waals surface area contributed by atoms with Crippen LogP contribution in [0.4, 0.5) is 5.69 Å². The van der Waals surface area contributed by atoms with Crippen LogP contribution in [-0.2, 0) is 16.1 Å². The topological polar surface area (TPSA) is 72.3 Å². The first-order chi connectivity index (χ1) is 12.0. The Morgan fingerprint density at radius 2 is 2.12 bits per heavy atom. The van der Waals surface area contributed by atoms with Gasteiger partial charge in [-0.1, -0.05) is 6.07 Å². The number of hydrogen-bond donors (Lipinski definition) is 1. The molecular weight excluding hydrogens is 318 g/mol. The van der Waals surface area contributed by atoms with Crippen molar-refractivity contribution in [2.75, 3.05) is 18.4 Å².